The van der Waals surface area contributed by atoms with Crippen LogP contribution in [0.15, 0.2) is 28.7 Å². The maximum atomic E-state index is 6.33. The van der Waals surface area contributed by atoms with Gasteiger partial charge in [0.1, 0.15) is 5.15 Å². The first-order valence-electron chi connectivity index (χ1n) is 6.31. The lowest BCUT2D eigenvalue weighted by Gasteiger charge is -2.06. The van der Waals surface area contributed by atoms with E-state index in [9.17, 15) is 0 Å². The van der Waals surface area contributed by atoms with Gasteiger partial charge >= 0.3 is 0 Å². The molecule has 0 atom stereocenters. The van der Waals surface area contributed by atoms with Gasteiger partial charge < -0.3 is 0 Å². The Morgan fingerprint density at radius 1 is 1.25 bits per heavy atom. The summed E-state index contributed by atoms with van der Waals surface area (Å²) in [6.45, 7) is 4.17. The fourth-order valence-electron chi connectivity index (χ4n) is 2.09. The van der Waals surface area contributed by atoms with Gasteiger partial charge in [0.15, 0.2) is 5.82 Å². The molecular weight excluding hydrogens is 356 g/mol. The summed E-state index contributed by atoms with van der Waals surface area (Å²) in [7, 11) is 0. The molecule has 3 rings (SSSR count). The Hall–Kier alpha value is -0.970. The zero-order valence-corrected chi connectivity index (χ0v) is 14.2. The molecule has 0 N–H and O–H groups in total. The van der Waals surface area contributed by atoms with Gasteiger partial charge in [-0.15, -0.1) is 11.3 Å². The molecule has 0 saturated heterocycles. The van der Waals surface area contributed by atoms with Crippen LogP contribution in [0.4, 0.5) is 0 Å². The number of aryl methyl sites for hydroxylation is 2. The molecule has 0 aliphatic heterocycles. The number of nitrogens with zero attached hydrogens (tertiary/aromatic N) is 2. The molecule has 5 heteroatoms. The van der Waals surface area contributed by atoms with Crippen LogP contribution in [0.25, 0.3) is 21.6 Å². The molecule has 0 fully saturated rings. The standard InChI is InChI=1S/C15H12BrClN2S/c1-3-9-4-5-12(20-9)15-18-13-10(14(17)19-15)6-8(2)7-11(13)16/h4-7H,3H2,1-2H3. The van der Waals surface area contributed by atoms with Gasteiger partial charge in [0.2, 0.25) is 0 Å². The SMILES string of the molecule is CCc1ccc(-c2nc(Cl)c3cc(C)cc(Br)c3n2)s1. The predicted molar refractivity (Wildman–Crippen MR) is 89.7 cm³/mol. The van der Waals surface area contributed by atoms with Crippen LogP contribution in [0, 0.1) is 6.92 Å². The maximum absolute atomic E-state index is 6.33. The molecule has 0 saturated carbocycles. The van der Waals surface area contributed by atoms with Crippen LogP contribution in [0.2, 0.25) is 5.15 Å². The molecule has 102 valence electrons. The first-order valence-corrected chi connectivity index (χ1v) is 8.29. The molecule has 3 aromatic rings. The second kappa shape index (κ2) is 5.43. The first-order chi connectivity index (χ1) is 9.58. The van der Waals surface area contributed by atoms with E-state index in [1.165, 1.54) is 4.88 Å². The van der Waals surface area contributed by atoms with Crippen LogP contribution in [0.5, 0.6) is 0 Å². The van der Waals surface area contributed by atoms with Crippen LogP contribution in [0.3, 0.4) is 0 Å². The van der Waals surface area contributed by atoms with E-state index in [4.69, 9.17) is 11.6 Å². The molecular formula is C15H12BrClN2S. The summed E-state index contributed by atoms with van der Waals surface area (Å²) in [6, 6.07) is 8.23. The number of hydrogen-bond donors (Lipinski definition) is 0. The van der Waals surface area contributed by atoms with Gasteiger partial charge in [0, 0.05) is 14.7 Å². The van der Waals surface area contributed by atoms with Gasteiger partial charge in [0.05, 0.1) is 10.4 Å². The monoisotopic (exact) mass is 366 g/mol. The van der Waals surface area contributed by atoms with Crippen molar-refractivity contribution in [2.24, 2.45) is 0 Å². The van der Waals surface area contributed by atoms with Crippen molar-refractivity contribution >= 4 is 49.8 Å². The minimum absolute atomic E-state index is 0.501. The lowest BCUT2D eigenvalue weighted by atomic mass is 10.2. The Morgan fingerprint density at radius 3 is 2.75 bits per heavy atom. The average Bonchev–Trinajstić information content (AvgIpc) is 2.88. The fourth-order valence-corrected chi connectivity index (χ4v) is 3.86. The number of thiophene rings is 1. The van der Waals surface area contributed by atoms with E-state index >= 15 is 0 Å². The Labute approximate surface area is 135 Å². The molecule has 0 amide bonds. The number of hydrogen-bond acceptors (Lipinski definition) is 3. The number of halogens is 2. The maximum Gasteiger partial charge on any atom is 0.171 e. The number of benzene rings is 1. The Balaban J connectivity index is 2.23. The van der Waals surface area contributed by atoms with Crippen molar-refractivity contribution in [2.75, 3.05) is 0 Å². The van der Waals surface area contributed by atoms with E-state index in [1.54, 1.807) is 11.3 Å². The lowest BCUT2D eigenvalue weighted by Crippen LogP contribution is -1.92. The Morgan fingerprint density at radius 2 is 2.05 bits per heavy atom. The van der Waals surface area contributed by atoms with Crippen LogP contribution >= 0.6 is 38.9 Å². The molecule has 1 aromatic carbocycles. The summed E-state index contributed by atoms with van der Waals surface area (Å²) >= 11 is 11.6. The van der Waals surface area contributed by atoms with Crippen molar-refractivity contribution in [2.45, 2.75) is 20.3 Å². The van der Waals surface area contributed by atoms with Crippen molar-refractivity contribution in [3.63, 3.8) is 0 Å². The minimum atomic E-state index is 0.501. The van der Waals surface area contributed by atoms with E-state index < -0.39 is 0 Å². The van der Waals surface area contributed by atoms with E-state index in [0.717, 1.165) is 32.2 Å². The van der Waals surface area contributed by atoms with Crippen LogP contribution in [0.1, 0.15) is 17.4 Å². The summed E-state index contributed by atoms with van der Waals surface area (Å²) in [5.41, 5.74) is 1.99. The highest BCUT2D eigenvalue weighted by atomic mass is 79.9. The number of rotatable bonds is 2. The molecule has 20 heavy (non-hydrogen) atoms. The van der Waals surface area contributed by atoms with Gasteiger partial charge in [-0.05, 0) is 59.1 Å². The summed E-state index contributed by atoms with van der Waals surface area (Å²) in [5.74, 6) is 0.691. The molecule has 0 spiro atoms. The first kappa shape index (κ1) is 14.0. The summed E-state index contributed by atoms with van der Waals surface area (Å²) < 4.78 is 0.949. The zero-order valence-electron chi connectivity index (χ0n) is 11.1. The third-order valence-corrected chi connectivity index (χ3v) is 5.20. The third kappa shape index (κ3) is 2.48. The van der Waals surface area contributed by atoms with Crippen LogP contribution in [-0.2, 0) is 6.42 Å². The van der Waals surface area contributed by atoms with Crippen molar-refractivity contribution < 1.29 is 0 Å². The van der Waals surface area contributed by atoms with E-state index in [-0.39, 0.29) is 0 Å². The van der Waals surface area contributed by atoms with E-state index in [1.807, 2.05) is 19.1 Å². The average molecular weight is 368 g/mol. The van der Waals surface area contributed by atoms with Crippen molar-refractivity contribution in [1.82, 2.24) is 9.97 Å². The molecule has 0 radical (unpaired) electrons. The van der Waals surface area contributed by atoms with Crippen molar-refractivity contribution in [3.8, 4) is 10.7 Å². The van der Waals surface area contributed by atoms with Gasteiger partial charge in [-0.3, -0.25) is 0 Å². The van der Waals surface area contributed by atoms with Crippen LogP contribution < -0.4 is 0 Å². The van der Waals surface area contributed by atoms with Crippen molar-refractivity contribution in [3.05, 3.63) is 44.3 Å². The minimum Gasteiger partial charge on any atom is -0.226 e. The summed E-state index contributed by atoms with van der Waals surface area (Å²) in [5, 5.41) is 1.38. The van der Waals surface area contributed by atoms with Crippen LogP contribution in [-0.4, -0.2) is 9.97 Å². The molecule has 0 bridgehead atoms. The molecule has 0 unspecified atom stereocenters. The van der Waals surface area contributed by atoms with E-state index in [0.29, 0.717) is 11.0 Å². The largest absolute Gasteiger partial charge is 0.226 e. The van der Waals surface area contributed by atoms with Crippen molar-refractivity contribution in [1.29, 1.82) is 0 Å². The molecule has 2 heterocycles. The second-order valence-corrected chi connectivity index (χ2v) is 6.98. The Bertz CT molecular complexity index is 798. The quantitative estimate of drug-likeness (QED) is 0.547. The van der Waals surface area contributed by atoms with Gasteiger partial charge in [-0.2, -0.15) is 0 Å². The van der Waals surface area contributed by atoms with Gasteiger partial charge in [-0.1, -0.05) is 18.5 Å². The zero-order chi connectivity index (χ0) is 14.3. The third-order valence-electron chi connectivity index (χ3n) is 3.08. The predicted octanol–water partition coefficient (Wildman–Crippen LogP) is 5.65. The summed E-state index contributed by atoms with van der Waals surface area (Å²) in [4.78, 5) is 11.5. The number of fused-ring (bicyclic) bond motifs is 1. The topological polar surface area (TPSA) is 25.8 Å². The highest BCUT2D eigenvalue weighted by molar-refractivity contribution is 9.10. The summed E-state index contributed by atoms with van der Waals surface area (Å²) in [6.07, 6.45) is 1.02. The second-order valence-electron chi connectivity index (χ2n) is 4.60. The van der Waals surface area contributed by atoms with Gasteiger partial charge in [-0.25, -0.2) is 9.97 Å². The fraction of sp³-hybridized carbons (Fsp3) is 0.200. The molecule has 2 nitrogen and oxygen atoms in total. The molecule has 0 aliphatic rings. The number of aromatic nitrogens is 2. The Kier molecular flexibility index (Phi) is 3.80. The van der Waals surface area contributed by atoms with E-state index in [2.05, 4.69) is 45.0 Å². The highest BCUT2D eigenvalue weighted by Crippen LogP contribution is 2.33. The smallest absolute Gasteiger partial charge is 0.171 e. The lowest BCUT2D eigenvalue weighted by molar-refractivity contribution is 1.19. The highest BCUT2D eigenvalue weighted by Gasteiger charge is 2.12. The molecule has 2 aromatic heterocycles. The molecule has 0 aliphatic carbocycles. The van der Waals surface area contributed by atoms with Gasteiger partial charge in [0.25, 0.3) is 0 Å². The normalized spacial score (nSPS) is 11.2.